The van der Waals surface area contributed by atoms with Gasteiger partial charge in [-0.15, -0.1) is 0 Å². The highest BCUT2D eigenvalue weighted by molar-refractivity contribution is 6.03. The number of allylic oxidation sites excluding steroid dienone is 1. The predicted octanol–water partition coefficient (Wildman–Crippen LogP) is 1.77. The topological polar surface area (TPSA) is 82.1 Å². The molecular formula is C14H16O6. The molecule has 0 bridgehead atoms. The van der Waals surface area contributed by atoms with Crippen LogP contribution in [0, 0.1) is 0 Å². The molecule has 0 heterocycles. The summed E-state index contributed by atoms with van der Waals surface area (Å²) in [5.41, 5.74) is 0.587. The highest BCUT2D eigenvalue weighted by Crippen LogP contribution is 2.40. The number of methoxy groups -OCH3 is 3. The third kappa shape index (κ3) is 3.74. The van der Waals surface area contributed by atoms with Gasteiger partial charge in [0, 0.05) is 5.56 Å². The molecule has 0 saturated carbocycles. The van der Waals surface area contributed by atoms with E-state index in [1.54, 1.807) is 12.1 Å². The maximum absolute atomic E-state index is 11.3. The number of ketones is 1. The van der Waals surface area contributed by atoms with Crippen LogP contribution in [0.5, 0.6) is 17.2 Å². The van der Waals surface area contributed by atoms with Gasteiger partial charge in [-0.25, -0.2) is 0 Å². The fraction of sp³-hybridized carbons (Fsp3) is 0.286. The van der Waals surface area contributed by atoms with Crippen LogP contribution in [0.25, 0.3) is 6.08 Å². The van der Waals surface area contributed by atoms with Crippen molar-refractivity contribution in [1.29, 1.82) is 0 Å². The molecule has 0 spiro atoms. The minimum atomic E-state index is -1.17. The molecule has 6 heteroatoms. The zero-order chi connectivity index (χ0) is 15.1. The van der Waals surface area contributed by atoms with E-state index in [-0.39, 0.29) is 0 Å². The summed E-state index contributed by atoms with van der Waals surface area (Å²) in [5.74, 6) is -0.360. The molecule has 108 valence electrons. The summed E-state index contributed by atoms with van der Waals surface area (Å²) in [4.78, 5) is 21.8. The summed E-state index contributed by atoms with van der Waals surface area (Å²) in [6, 6.07) is 3.35. The summed E-state index contributed by atoms with van der Waals surface area (Å²) >= 11 is 0. The molecule has 0 aliphatic heterocycles. The van der Waals surface area contributed by atoms with E-state index in [1.807, 2.05) is 0 Å². The number of benzene rings is 1. The van der Waals surface area contributed by atoms with E-state index in [0.717, 1.165) is 0 Å². The SMILES string of the molecule is COc1ccc(C=CC(=O)CC(=O)O)c(OC)c1OC. The van der Waals surface area contributed by atoms with E-state index >= 15 is 0 Å². The Morgan fingerprint density at radius 2 is 1.75 bits per heavy atom. The number of hydrogen-bond acceptors (Lipinski definition) is 5. The van der Waals surface area contributed by atoms with Gasteiger partial charge in [0.15, 0.2) is 17.3 Å². The van der Waals surface area contributed by atoms with Crippen molar-refractivity contribution in [3.05, 3.63) is 23.8 Å². The Balaban J connectivity index is 3.09. The predicted molar refractivity (Wildman–Crippen MR) is 72.4 cm³/mol. The van der Waals surface area contributed by atoms with Crippen molar-refractivity contribution >= 4 is 17.8 Å². The van der Waals surface area contributed by atoms with Gasteiger partial charge in [-0.3, -0.25) is 9.59 Å². The number of carboxylic acid groups (broad SMARTS) is 1. The van der Waals surface area contributed by atoms with Crippen LogP contribution < -0.4 is 14.2 Å². The second-order valence-corrected chi connectivity index (χ2v) is 3.79. The van der Waals surface area contributed by atoms with Crippen LogP contribution in [0.1, 0.15) is 12.0 Å². The van der Waals surface area contributed by atoms with E-state index in [9.17, 15) is 9.59 Å². The van der Waals surface area contributed by atoms with Gasteiger partial charge in [-0.2, -0.15) is 0 Å². The Bertz CT molecular complexity index is 533. The van der Waals surface area contributed by atoms with Crippen molar-refractivity contribution in [3.63, 3.8) is 0 Å². The standard InChI is InChI=1S/C14H16O6/c1-18-11-7-5-9(13(19-2)14(11)20-3)4-6-10(15)8-12(16)17/h4-7H,8H2,1-3H3,(H,16,17). The van der Waals surface area contributed by atoms with Crippen molar-refractivity contribution < 1.29 is 28.9 Å². The second kappa shape index (κ2) is 7.18. The summed E-state index contributed by atoms with van der Waals surface area (Å²) in [6.07, 6.45) is 2.12. The van der Waals surface area contributed by atoms with Gasteiger partial charge in [0.1, 0.15) is 6.42 Å². The molecule has 0 unspecified atom stereocenters. The highest BCUT2D eigenvalue weighted by Gasteiger charge is 2.14. The molecule has 6 nitrogen and oxygen atoms in total. The quantitative estimate of drug-likeness (QED) is 0.605. The molecule has 0 saturated heterocycles. The van der Waals surface area contributed by atoms with Crippen molar-refractivity contribution in [1.82, 2.24) is 0 Å². The van der Waals surface area contributed by atoms with Crippen molar-refractivity contribution in [3.8, 4) is 17.2 Å². The molecular weight excluding hydrogens is 264 g/mol. The van der Waals surface area contributed by atoms with Crippen LogP contribution in [-0.2, 0) is 9.59 Å². The second-order valence-electron chi connectivity index (χ2n) is 3.79. The first-order valence-corrected chi connectivity index (χ1v) is 5.75. The van der Waals surface area contributed by atoms with Crippen LogP contribution >= 0.6 is 0 Å². The minimum Gasteiger partial charge on any atom is -0.493 e. The molecule has 1 aromatic rings. The molecule has 0 aliphatic rings. The van der Waals surface area contributed by atoms with Crippen LogP contribution in [0.4, 0.5) is 0 Å². The first kappa shape index (κ1) is 15.6. The molecule has 1 aromatic carbocycles. The lowest BCUT2D eigenvalue weighted by molar-refractivity contribution is -0.139. The third-order valence-electron chi connectivity index (χ3n) is 2.51. The summed E-state index contributed by atoms with van der Waals surface area (Å²) in [7, 11) is 4.44. The number of carbonyl (C=O) groups excluding carboxylic acids is 1. The molecule has 0 aliphatic carbocycles. The minimum absolute atomic E-state index is 0.405. The first-order valence-electron chi connectivity index (χ1n) is 5.75. The van der Waals surface area contributed by atoms with E-state index in [1.165, 1.54) is 33.5 Å². The van der Waals surface area contributed by atoms with Gasteiger partial charge in [-0.1, -0.05) is 0 Å². The molecule has 0 fully saturated rings. The zero-order valence-corrected chi connectivity index (χ0v) is 11.5. The van der Waals surface area contributed by atoms with Crippen LogP contribution in [0.3, 0.4) is 0 Å². The maximum atomic E-state index is 11.3. The smallest absolute Gasteiger partial charge is 0.311 e. The molecule has 0 amide bonds. The summed E-state index contributed by atoms with van der Waals surface area (Å²) in [6.45, 7) is 0. The van der Waals surface area contributed by atoms with Crippen molar-refractivity contribution in [2.24, 2.45) is 0 Å². The van der Waals surface area contributed by atoms with E-state index in [4.69, 9.17) is 19.3 Å². The Labute approximate surface area is 116 Å². The van der Waals surface area contributed by atoms with E-state index in [0.29, 0.717) is 22.8 Å². The third-order valence-corrected chi connectivity index (χ3v) is 2.51. The van der Waals surface area contributed by atoms with Crippen LogP contribution in [0.15, 0.2) is 18.2 Å². The largest absolute Gasteiger partial charge is 0.493 e. The van der Waals surface area contributed by atoms with Gasteiger partial charge >= 0.3 is 5.97 Å². The normalized spacial score (nSPS) is 10.3. The van der Waals surface area contributed by atoms with E-state index in [2.05, 4.69) is 0 Å². The summed E-state index contributed by atoms with van der Waals surface area (Å²) < 4.78 is 15.6. The maximum Gasteiger partial charge on any atom is 0.311 e. The number of rotatable bonds is 7. The van der Waals surface area contributed by atoms with Gasteiger partial charge in [0.2, 0.25) is 5.75 Å². The molecule has 20 heavy (non-hydrogen) atoms. The number of carboxylic acids is 1. The number of carbonyl (C=O) groups is 2. The Hall–Kier alpha value is -2.50. The molecule has 1 rings (SSSR count). The Kier molecular flexibility index (Phi) is 5.58. The molecule has 0 atom stereocenters. The molecule has 1 N–H and O–H groups in total. The Morgan fingerprint density at radius 1 is 1.10 bits per heavy atom. The van der Waals surface area contributed by atoms with Gasteiger partial charge in [-0.05, 0) is 24.3 Å². The number of hydrogen-bond donors (Lipinski definition) is 1. The lowest BCUT2D eigenvalue weighted by atomic mass is 10.1. The number of aliphatic carboxylic acids is 1. The van der Waals surface area contributed by atoms with Gasteiger partial charge < -0.3 is 19.3 Å². The van der Waals surface area contributed by atoms with Crippen molar-refractivity contribution in [2.45, 2.75) is 6.42 Å². The fourth-order valence-corrected chi connectivity index (χ4v) is 1.65. The average molecular weight is 280 g/mol. The van der Waals surface area contributed by atoms with Crippen molar-refractivity contribution in [2.75, 3.05) is 21.3 Å². The van der Waals surface area contributed by atoms with Gasteiger partial charge in [0.25, 0.3) is 0 Å². The molecule has 0 aromatic heterocycles. The fourth-order valence-electron chi connectivity index (χ4n) is 1.65. The summed E-state index contributed by atoms with van der Waals surface area (Å²) in [5, 5.41) is 8.52. The number of ether oxygens (including phenoxy) is 3. The zero-order valence-electron chi connectivity index (χ0n) is 11.5. The highest BCUT2D eigenvalue weighted by atomic mass is 16.5. The Morgan fingerprint density at radius 3 is 2.25 bits per heavy atom. The molecule has 0 radical (unpaired) electrons. The van der Waals surface area contributed by atoms with Gasteiger partial charge in [0.05, 0.1) is 21.3 Å². The van der Waals surface area contributed by atoms with E-state index < -0.39 is 18.2 Å². The lowest BCUT2D eigenvalue weighted by Gasteiger charge is -2.13. The first-order chi connectivity index (χ1) is 9.53. The van der Waals surface area contributed by atoms with Crippen LogP contribution in [-0.4, -0.2) is 38.2 Å². The lowest BCUT2D eigenvalue weighted by Crippen LogP contribution is -2.03. The monoisotopic (exact) mass is 280 g/mol. The van der Waals surface area contributed by atoms with Crippen LogP contribution in [0.2, 0.25) is 0 Å². The average Bonchev–Trinajstić information content (AvgIpc) is 2.42.